The molecule has 2 heteroatoms. The first-order chi connectivity index (χ1) is 6.16. The number of carbonyl (C=O) groups excluding carboxylic acids is 2. The van der Waals surface area contributed by atoms with Gasteiger partial charge < -0.3 is 4.79 Å². The van der Waals surface area contributed by atoms with Gasteiger partial charge in [-0.3, -0.25) is 4.79 Å². The molecule has 0 aromatic rings. The molecule has 0 radical (unpaired) electrons. The second kappa shape index (κ2) is 5.90. The summed E-state index contributed by atoms with van der Waals surface area (Å²) in [5, 5.41) is 0. The summed E-state index contributed by atoms with van der Waals surface area (Å²) in [4.78, 5) is 22.5. The van der Waals surface area contributed by atoms with Crippen LogP contribution in [-0.2, 0) is 9.59 Å². The van der Waals surface area contributed by atoms with E-state index < -0.39 is 5.41 Å². The first kappa shape index (κ1) is 12.3. The maximum atomic E-state index is 11.6. The van der Waals surface area contributed by atoms with Gasteiger partial charge in [-0.2, -0.15) is 0 Å². The summed E-state index contributed by atoms with van der Waals surface area (Å²) >= 11 is 0. The lowest BCUT2D eigenvalue weighted by Gasteiger charge is -2.24. The lowest BCUT2D eigenvalue weighted by Crippen LogP contribution is -2.31. The van der Waals surface area contributed by atoms with Gasteiger partial charge in [0, 0.05) is 6.42 Å². The molecule has 0 bridgehead atoms. The van der Waals surface area contributed by atoms with E-state index in [1.807, 2.05) is 13.8 Å². The Labute approximate surface area is 80.7 Å². The minimum absolute atomic E-state index is 0.0958. The van der Waals surface area contributed by atoms with E-state index in [4.69, 9.17) is 0 Å². The number of rotatable bonds is 7. The summed E-state index contributed by atoms with van der Waals surface area (Å²) in [5.74, 6) is 0.0958. The first-order valence-electron chi connectivity index (χ1n) is 5.16. The Balaban J connectivity index is 4.48. The van der Waals surface area contributed by atoms with Gasteiger partial charge in [-0.15, -0.1) is 0 Å². The number of ketones is 1. The Bertz CT molecular complexity index is 175. The molecule has 0 aliphatic heterocycles. The van der Waals surface area contributed by atoms with Crippen molar-refractivity contribution in [1.29, 1.82) is 0 Å². The second-order valence-electron chi connectivity index (χ2n) is 3.51. The monoisotopic (exact) mass is 184 g/mol. The molecule has 1 unspecified atom stereocenters. The number of unbranched alkanes of at least 4 members (excludes halogenated alkanes) is 1. The van der Waals surface area contributed by atoms with Crippen LogP contribution in [-0.4, -0.2) is 12.1 Å². The molecule has 0 amide bonds. The number of hydrogen-bond acceptors (Lipinski definition) is 2. The fraction of sp³-hybridized carbons (Fsp3) is 0.818. The van der Waals surface area contributed by atoms with Crippen molar-refractivity contribution >= 4 is 12.1 Å². The standard InChI is InChI=1S/C11H20O2/c1-4-7-8-11(6-3,9-12)10(13)5-2/h9H,4-8H2,1-3H3. The van der Waals surface area contributed by atoms with E-state index in [1.54, 1.807) is 0 Å². The van der Waals surface area contributed by atoms with Gasteiger partial charge >= 0.3 is 0 Å². The minimum Gasteiger partial charge on any atom is -0.302 e. The molecule has 0 aliphatic carbocycles. The number of Topliss-reactive ketones (excluding diaryl/α,β-unsaturated/α-hetero) is 1. The zero-order valence-corrected chi connectivity index (χ0v) is 8.93. The molecule has 0 aromatic carbocycles. The molecule has 0 spiro atoms. The molecule has 0 fully saturated rings. The third-order valence-electron chi connectivity index (χ3n) is 2.71. The van der Waals surface area contributed by atoms with Crippen LogP contribution in [0.1, 0.15) is 52.9 Å². The van der Waals surface area contributed by atoms with Crippen molar-refractivity contribution in [2.75, 3.05) is 0 Å². The van der Waals surface area contributed by atoms with E-state index in [0.29, 0.717) is 12.8 Å². The van der Waals surface area contributed by atoms with Crippen LogP contribution in [0.3, 0.4) is 0 Å². The molecule has 0 saturated heterocycles. The van der Waals surface area contributed by atoms with E-state index in [2.05, 4.69) is 6.92 Å². The van der Waals surface area contributed by atoms with Crippen molar-refractivity contribution in [3.63, 3.8) is 0 Å². The molecule has 1 atom stereocenters. The average Bonchev–Trinajstić information content (AvgIpc) is 2.19. The van der Waals surface area contributed by atoms with Gasteiger partial charge in [0.15, 0.2) is 0 Å². The summed E-state index contributed by atoms with van der Waals surface area (Å²) in [5.41, 5.74) is -0.676. The van der Waals surface area contributed by atoms with Crippen LogP contribution in [0.5, 0.6) is 0 Å². The molecule has 0 saturated carbocycles. The predicted octanol–water partition coefficient (Wildman–Crippen LogP) is 2.75. The molecular weight excluding hydrogens is 164 g/mol. The summed E-state index contributed by atoms with van der Waals surface area (Å²) < 4.78 is 0. The van der Waals surface area contributed by atoms with E-state index >= 15 is 0 Å². The smallest absolute Gasteiger partial charge is 0.145 e. The highest BCUT2D eigenvalue weighted by atomic mass is 16.1. The first-order valence-corrected chi connectivity index (χ1v) is 5.16. The molecule has 0 aliphatic rings. The van der Waals surface area contributed by atoms with Crippen LogP contribution in [0.25, 0.3) is 0 Å². The zero-order valence-electron chi connectivity index (χ0n) is 8.93. The topological polar surface area (TPSA) is 34.1 Å². The molecule has 2 nitrogen and oxygen atoms in total. The normalized spacial score (nSPS) is 15.0. The van der Waals surface area contributed by atoms with Crippen LogP contribution in [0, 0.1) is 5.41 Å². The lowest BCUT2D eigenvalue weighted by atomic mass is 9.77. The van der Waals surface area contributed by atoms with Gasteiger partial charge in [0.1, 0.15) is 12.1 Å². The Morgan fingerprint density at radius 3 is 2.23 bits per heavy atom. The molecule has 13 heavy (non-hydrogen) atoms. The largest absolute Gasteiger partial charge is 0.302 e. The quantitative estimate of drug-likeness (QED) is 0.450. The van der Waals surface area contributed by atoms with Crippen LogP contribution in [0.2, 0.25) is 0 Å². The van der Waals surface area contributed by atoms with Crippen molar-refractivity contribution in [3.8, 4) is 0 Å². The molecule has 0 rings (SSSR count). The molecule has 0 N–H and O–H groups in total. The summed E-state index contributed by atoms with van der Waals surface area (Å²) in [6.07, 6.45) is 4.68. The van der Waals surface area contributed by atoms with E-state index in [1.165, 1.54) is 0 Å². The van der Waals surface area contributed by atoms with Crippen LogP contribution < -0.4 is 0 Å². The van der Waals surface area contributed by atoms with E-state index in [9.17, 15) is 9.59 Å². The highest BCUT2D eigenvalue weighted by Crippen LogP contribution is 2.28. The molecule has 0 aromatic heterocycles. The summed E-state index contributed by atoms with van der Waals surface area (Å²) in [6.45, 7) is 5.81. The third kappa shape index (κ3) is 2.94. The highest BCUT2D eigenvalue weighted by Gasteiger charge is 2.33. The fourth-order valence-corrected chi connectivity index (χ4v) is 1.57. The molecular formula is C11H20O2. The van der Waals surface area contributed by atoms with Crippen molar-refractivity contribution in [2.24, 2.45) is 5.41 Å². The van der Waals surface area contributed by atoms with Crippen molar-refractivity contribution in [1.82, 2.24) is 0 Å². The van der Waals surface area contributed by atoms with Crippen LogP contribution in [0.4, 0.5) is 0 Å². The number of carbonyl (C=O) groups is 2. The number of hydrogen-bond donors (Lipinski definition) is 0. The third-order valence-corrected chi connectivity index (χ3v) is 2.71. The average molecular weight is 184 g/mol. The maximum Gasteiger partial charge on any atom is 0.145 e. The highest BCUT2D eigenvalue weighted by molar-refractivity contribution is 5.97. The van der Waals surface area contributed by atoms with Gasteiger partial charge in [-0.05, 0) is 12.8 Å². The van der Waals surface area contributed by atoms with E-state index in [0.717, 1.165) is 25.5 Å². The Morgan fingerprint density at radius 2 is 1.92 bits per heavy atom. The van der Waals surface area contributed by atoms with Gasteiger partial charge in [0.05, 0.1) is 5.41 Å². The SMILES string of the molecule is CCCCC(C=O)(CC)C(=O)CC. The Hall–Kier alpha value is -0.660. The zero-order chi connectivity index (χ0) is 10.3. The van der Waals surface area contributed by atoms with Crippen molar-refractivity contribution in [2.45, 2.75) is 52.9 Å². The summed E-state index contributed by atoms with van der Waals surface area (Å²) in [7, 11) is 0. The van der Waals surface area contributed by atoms with E-state index in [-0.39, 0.29) is 5.78 Å². The van der Waals surface area contributed by atoms with Crippen molar-refractivity contribution < 1.29 is 9.59 Å². The van der Waals surface area contributed by atoms with Gasteiger partial charge in [-0.1, -0.05) is 33.6 Å². The lowest BCUT2D eigenvalue weighted by molar-refractivity contribution is -0.135. The summed E-state index contributed by atoms with van der Waals surface area (Å²) in [6, 6.07) is 0. The number of aldehydes is 1. The Morgan fingerprint density at radius 1 is 1.31 bits per heavy atom. The van der Waals surface area contributed by atoms with Gasteiger partial charge in [-0.25, -0.2) is 0 Å². The van der Waals surface area contributed by atoms with Gasteiger partial charge in [0.2, 0.25) is 0 Å². The minimum atomic E-state index is -0.676. The maximum absolute atomic E-state index is 11.6. The van der Waals surface area contributed by atoms with Crippen LogP contribution in [0.15, 0.2) is 0 Å². The Kier molecular flexibility index (Phi) is 5.60. The molecule has 0 heterocycles. The molecule has 76 valence electrons. The van der Waals surface area contributed by atoms with Crippen LogP contribution >= 0.6 is 0 Å². The predicted molar refractivity (Wildman–Crippen MR) is 53.6 cm³/mol. The van der Waals surface area contributed by atoms with Crippen molar-refractivity contribution in [3.05, 3.63) is 0 Å². The van der Waals surface area contributed by atoms with Gasteiger partial charge in [0.25, 0.3) is 0 Å². The second-order valence-corrected chi connectivity index (χ2v) is 3.51. The fourth-order valence-electron chi connectivity index (χ4n) is 1.57.